The van der Waals surface area contributed by atoms with E-state index in [9.17, 15) is 0 Å². The van der Waals surface area contributed by atoms with Crippen LogP contribution in [0.1, 0.15) is 66.2 Å². The molecule has 5 atom stereocenters. The summed E-state index contributed by atoms with van der Waals surface area (Å²) in [6.45, 7) is 13.2. The van der Waals surface area contributed by atoms with Crippen molar-refractivity contribution < 1.29 is 0 Å². The first kappa shape index (κ1) is 16.3. The third-order valence-electron chi connectivity index (χ3n) is 5.64. The highest BCUT2D eigenvalue weighted by atomic mass is 15.2. The van der Waals surface area contributed by atoms with Crippen LogP contribution in [-0.2, 0) is 0 Å². The van der Waals surface area contributed by atoms with Crippen LogP contribution in [0.3, 0.4) is 0 Å². The maximum atomic E-state index is 3.77. The average molecular weight is 281 g/mol. The highest BCUT2D eigenvalue weighted by molar-refractivity contribution is 4.89. The van der Waals surface area contributed by atoms with Gasteiger partial charge in [0.05, 0.1) is 0 Å². The molecule has 1 heterocycles. The zero-order valence-corrected chi connectivity index (χ0v) is 14.2. The Morgan fingerprint density at radius 3 is 2.50 bits per heavy atom. The van der Waals surface area contributed by atoms with E-state index in [4.69, 9.17) is 0 Å². The molecule has 1 saturated heterocycles. The Kier molecular flexibility index (Phi) is 6.35. The molecule has 118 valence electrons. The van der Waals surface area contributed by atoms with Gasteiger partial charge in [-0.05, 0) is 56.9 Å². The fraction of sp³-hybridized carbons (Fsp3) is 1.00. The van der Waals surface area contributed by atoms with E-state index in [0.717, 1.165) is 36.4 Å². The molecule has 1 N–H and O–H groups in total. The zero-order chi connectivity index (χ0) is 14.5. The average Bonchev–Trinajstić information content (AvgIpc) is 2.71. The minimum atomic E-state index is 0.774. The van der Waals surface area contributed by atoms with Crippen LogP contribution in [0.5, 0.6) is 0 Å². The van der Waals surface area contributed by atoms with E-state index in [1.54, 1.807) is 0 Å². The van der Waals surface area contributed by atoms with Crippen molar-refractivity contribution in [3.63, 3.8) is 0 Å². The number of nitrogens with one attached hydrogen (secondary N) is 1. The molecule has 1 saturated carbocycles. The zero-order valence-electron chi connectivity index (χ0n) is 14.2. The maximum Gasteiger partial charge on any atom is 0.0108 e. The third kappa shape index (κ3) is 4.21. The molecule has 0 aromatic carbocycles. The van der Waals surface area contributed by atoms with Gasteiger partial charge in [-0.3, -0.25) is 0 Å². The summed E-state index contributed by atoms with van der Waals surface area (Å²) < 4.78 is 0. The summed E-state index contributed by atoms with van der Waals surface area (Å²) in [5.41, 5.74) is 0. The molecular weight excluding hydrogens is 244 g/mol. The molecule has 1 aliphatic heterocycles. The molecule has 0 spiro atoms. The lowest BCUT2D eigenvalue weighted by Gasteiger charge is -2.39. The summed E-state index contributed by atoms with van der Waals surface area (Å²) in [4.78, 5) is 2.77. The molecule has 2 rings (SSSR count). The number of rotatable bonds is 6. The molecule has 5 unspecified atom stereocenters. The molecule has 0 bridgehead atoms. The second-order valence-electron chi connectivity index (χ2n) is 7.54. The molecule has 2 fully saturated rings. The van der Waals surface area contributed by atoms with E-state index in [2.05, 4.69) is 37.9 Å². The number of nitrogens with zero attached hydrogens (tertiary/aromatic N) is 1. The van der Waals surface area contributed by atoms with Crippen LogP contribution in [0.2, 0.25) is 0 Å². The summed E-state index contributed by atoms with van der Waals surface area (Å²) in [6, 6.07) is 1.58. The van der Waals surface area contributed by atoms with Crippen molar-refractivity contribution in [2.45, 2.75) is 78.3 Å². The van der Waals surface area contributed by atoms with Crippen LogP contribution >= 0.6 is 0 Å². The Hall–Kier alpha value is -0.0800. The predicted octanol–water partition coefficient (Wildman–Crippen LogP) is 3.91. The second-order valence-corrected chi connectivity index (χ2v) is 7.54. The predicted molar refractivity (Wildman–Crippen MR) is 88.0 cm³/mol. The monoisotopic (exact) mass is 280 g/mol. The van der Waals surface area contributed by atoms with Gasteiger partial charge in [-0.2, -0.15) is 0 Å². The van der Waals surface area contributed by atoms with Crippen LogP contribution in [0.15, 0.2) is 0 Å². The molecule has 0 aromatic heterocycles. The van der Waals surface area contributed by atoms with Crippen molar-refractivity contribution in [1.29, 1.82) is 0 Å². The molecule has 0 amide bonds. The van der Waals surface area contributed by atoms with Crippen LogP contribution in [0.25, 0.3) is 0 Å². The molecule has 0 aromatic rings. The van der Waals surface area contributed by atoms with Gasteiger partial charge in [0.15, 0.2) is 0 Å². The SMILES string of the molecule is CCCC1CCC(NCC)C(CN2CC(C)CC2C)C1. The van der Waals surface area contributed by atoms with Crippen LogP contribution in [-0.4, -0.2) is 36.6 Å². The van der Waals surface area contributed by atoms with E-state index in [0.29, 0.717) is 0 Å². The van der Waals surface area contributed by atoms with Gasteiger partial charge in [-0.25, -0.2) is 0 Å². The first-order chi connectivity index (χ1) is 9.63. The first-order valence-corrected chi connectivity index (χ1v) is 9.11. The molecular formula is C18H36N2. The normalized spacial score (nSPS) is 39.3. The van der Waals surface area contributed by atoms with E-state index < -0.39 is 0 Å². The molecule has 2 aliphatic rings. The van der Waals surface area contributed by atoms with Crippen LogP contribution < -0.4 is 5.32 Å². The molecule has 1 aliphatic carbocycles. The van der Waals surface area contributed by atoms with Crippen molar-refractivity contribution in [2.75, 3.05) is 19.6 Å². The van der Waals surface area contributed by atoms with E-state index >= 15 is 0 Å². The standard InChI is InChI=1S/C18H36N2/c1-5-7-16-8-9-18(19-6-2)17(11-16)13-20-12-14(3)10-15(20)4/h14-19H,5-13H2,1-4H3. The lowest BCUT2D eigenvalue weighted by Crippen LogP contribution is -2.46. The van der Waals surface area contributed by atoms with Gasteiger partial charge < -0.3 is 10.2 Å². The lowest BCUT2D eigenvalue weighted by molar-refractivity contribution is 0.132. The molecule has 0 radical (unpaired) electrons. The number of hydrogen-bond donors (Lipinski definition) is 1. The topological polar surface area (TPSA) is 15.3 Å². The van der Waals surface area contributed by atoms with Gasteiger partial charge in [-0.15, -0.1) is 0 Å². The van der Waals surface area contributed by atoms with E-state index in [-0.39, 0.29) is 0 Å². The van der Waals surface area contributed by atoms with Crippen LogP contribution in [0, 0.1) is 17.8 Å². The Morgan fingerprint density at radius 1 is 1.10 bits per heavy atom. The minimum Gasteiger partial charge on any atom is -0.314 e. The van der Waals surface area contributed by atoms with Crippen molar-refractivity contribution in [2.24, 2.45) is 17.8 Å². The minimum absolute atomic E-state index is 0.774. The van der Waals surface area contributed by atoms with Gasteiger partial charge in [0.1, 0.15) is 0 Å². The number of hydrogen-bond acceptors (Lipinski definition) is 2. The quantitative estimate of drug-likeness (QED) is 0.793. The van der Waals surface area contributed by atoms with Crippen molar-refractivity contribution >= 4 is 0 Å². The van der Waals surface area contributed by atoms with Gasteiger partial charge in [0.2, 0.25) is 0 Å². The number of likely N-dealkylation sites (tertiary alicyclic amines) is 1. The fourth-order valence-corrected chi connectivity index (χ4v) is 4.71. The highest BCUT2D eigenvalue weighted by Crippen LogP contribution is 2.34. The highest BCUT2D eigenvalue weighted by Gasteiger charge is 2.34. The molecule has 2 heteroatoms. The fourth-order valence-electron chi connectivity index (χ4n) is 4.71. The smallest absolute Gasteiger partial charge is 0.0108 e. The van der Waals surface area contributed by atoms with E-state index in [1.807, 2.05) is 0 Å². The van der Waals surface area contributed by atoms with Gasteiger partial charge >= 0.3 is 0 Å². The van der Waals surface area contributed by atoms with Gasteiger partial charge in [-0.1, -0.05) is 33.6 Å². The van der Waals surface area contributed by atoms with Gasteiger partial charge in [0, 0.05) is 25.2 Å². The third-order valence-corrected chi connectivity index (χ3v) is 5.64. The Morgan fingerprint density at radius 2 is 1.90 bits per heavy atom. The summed E-state index contributed by atoms with van der Waals surface area (Å²) in [5, 5.41) is 3.77. The van der Waals surface area contributed by atoms with Crippen LogP contribution in [0.4, 0.5) is 0 Å². The Balaban J connectivity index is 1.92. The van der Waals surface area contributed by atoms with Crippen molar-refractivity contribution in [3.05, 3.63) is 0 Å². The largest absolute Gasteiger partial charge is 0.314 e. The molecule has 2 nitrogen and oxygen atoms in total. The summed E-state index contributed by atoms with van der Waals surface area (Å²) in [6.07, 6.45) is 8.52. The first-order valence-electron chi connectivity index (χ1n) is 9.11. The Bertz CT molecular complexity index is 279. The Labute approximate surface area is 126 Å². The van der Waals surface area contributed by atoms with E-state index in [1.165, 1.54) is 51.6 Å². The summed E-state index contributed by atoms with van der Waals surface area (Å²) in [7, 11) is 0. The van der Waals surface area contributed by atoms with Crippen molar-refractivity contribution in [1.82, 2.24) is 10.2 Å². The second kappa shape index (κ2) is 7.79. The molecule has 20 heavy (non-hydrogen) atoms. The van der Waals surface area contributed by atoms with Crippen molar-refractivity contribution in [3.8, 4) is 0 Å². The van der Waals surface area contributed by atoms with Gasteiger partial charge in [0.25, 0.3) is 0 Å². The summed E-state index contributed by atoms with van der Waals surface area (Å²) in [5.74, 6) is 2.78. The maximum absolute atomic E-state index is 3.77. The lowest BCUT2D eigenvalue weighted by atomic mass is 9.76. The summed E-state index contributed by atoms with van der Waals surface area (Å²) >= 11 is 0.